The van der Waals surface area contributed by atoms with Crippen molar-refractivity contribution in [1.29, 1.82) is 0 Å². The van der Waals surface area contributed by atoms with Gasteiger partial charge in [-0.05, 0) is 78.8 Å². The molecule has 0 aromatic heterocycles. The molecule has 4 nitrogen and oxygen atoms in total. The third-order valence-corrected chi connectivity index (χ3v) is 7.71. The largest absolute Gasteiger partial charge is 0.423 e. The van der Waals surface area contributed by atoms with Crippen LogP contribution in [-0.2, 0) is 11.2 Å². The zero-order valence-electron chi connectivity index (χ0n) is 16.6. The monoisotopic (exact) mass is 390 g/mol. The smallest absolute Gasteiger partial charge is 0.343 e. The number of Topliss-reactive ketones (excluding diaryl/α,β-unsaturated/α-hetero) is 1. The Balaban J connectivity index is 1.38. The molecule has 0 unspecified atom stereocenters. The molecule has 4 heteroatoms. The van der Waals surface area contributed by atoms with E-state index >= 15 is 0 Å². The Kier molecular flexibility index (Phi) is 4.36. The van der Waals surface area contributed by atoms with Gasteiger partial charge in [0.05, 0.1) is 5.56 Å². The zero-order chi connectivity index (χ0) is 20.2. The molecule has 0 spiro atoms. The number of aliphatic hydroxyl groups is 1. The minimum Gasteiger partial charge on any atom is -0.423 e. The van der Waals surface area contributed by atoms with Crippen LogP contribution in [-0.4, -0.2) is 23.0 Å². The molecule has 29 heavy (non-hydrogen) atoms. The maximum atomic E-state index is 12.4. The summed E-state index contributed by atoms with van der Waals surface area (Å²) in [7, 11) is 0. The van der Waals surface area contributed by atoms with Gasteiger partial charge in [-0.3, -0.25) is 4.79 Å². The average molecular weight is 390 g/mol. The van der Waals surface area contributed by atoms with Gasteiger partial charge in [0.1, 0.15) is 11.9 Å². The fourth-order valence-corrected chi connectivity index (χ4v) is 6.13. The van der Waals surface area contributed by atoms with Crippen molar-refractivity contribution in [3.05, 3.63) is 65.2 Å². The Hall–Kier alpha value is -2.46. The number of hydrogen-bond acceptors (Lipinski definition) is 4. The van der Waals surface area contributed by atoms with Crippen LogP contribution in [0.1, 0.15) is 60.0 Å². The second kappa shape index (κ2) is 6.81. The van der Waals surface area contributed by atoms with E-state index in [-0.39, 0.29) is 23.1 Å². The summed E-state index contributed by atoms with van der Waals surface area (Å²) in [6, 6.07) is 15.0. The third kappa shape index (κ3) is 2.93. The summed E-state index contributed by atoms with van der Waals surface area (Å²) in [5.41, 5.74) is 2.86. The van der Waals surface area contributed by atoms with Crippen LogP contribution in [0.5, 0.6) is 5.75 Å². The average Bonchev–Trinajstić information content (AvgIpc) is 2.98. The van der Waals surface area contributed by atoms with Crippen LogP contribution in [0.4, 0.5) is 0 Å². The number of aryl methyl sites for hydroxylation is 1. The predicted molar refractivity (Wildman–Crippen MR) is 109 cm³/mol. The molecule has 0 amide bonds. The van der Waals surface area contributed by atoms with Crippen molar-refractivity contribution in [2.75, 3.05) is 0 Å². The van der Waals surface area contributed by atoms with Gasteiger partial charge in [-0.25, -0.2) is 4.79 Å². The number of ketones is 1. The lowest BCUT2D eigenvalue weighted by atomic mass is 9.55. The van der Waals surface area contributed by atoms with E-state index < -0.39 is 6.10 Å². The molecular formula is C25H26O4. The highest BCUT2D eigenvalue weighted by Crippen LogP contribution is 2.60. The number of benzene rings is 2. The van der Waals surface area contributed by atoms with E-state index in [0.717, 1.165) is 25.7 Å². The molecule has 2 aromatic carbocycles. The molecule has 0 bridgehead atoms. The summed E-state index contributed by atoms with van der Waals surface area (Å²) < 4.78 is 5.60. The van der Waals surface area contributed by atoms with E-state index in [1.165, 1.54) is 11.1 Å². The first-order valence-corrected chi connectivity index (χ1v) is 10.6. The topological polar surface area (TPSA) is 63.6 Å². The Morgan fingerprint density at radius 2 is 1.93 bits per heavy atom. The van der Waals surface area contributed by atoms with Crippen LogP contribution in [0.2, 0.25) is 0 Å². The van der Waals surface area contributed by atoms with Crippen LogP contribution in [0.15, 0.2) is 48.5 Å². The Morgan fingerprint density at radius 3 is 2.72 bits per heavy atom. The molecule has 2 fully saturated rings. The fourth-order valence-electron chi connectivity index (χ4n) is 6.13. The maximum absolute atomic E-state index is 12.4. The first kappa shape index (κ1) is 18.6. The van der Waals surface area contributed by atoms with Crippen LogP contribution in [0.3, 0.4) is 0 Å². The second-order valence-corrected chi connectivity index (χ2v) is 9.15. The lowest BCUT2D eigenvalue weighted by Crippen LogP contribution is -2.44. The van der Waals surface area contributed by atoms with Gasteiger partial charge < -0.3 is 9.84 Å². The molecule has 0 heterocycles. The molecule has 0 saturated heterocycles. The van der Waals surface area contributed by atoms with E-state index in [2.05, 4.69) is 13.0 Å². The number of esters is 1. The molecule has 3 aliphatic carbocycles. The number of carbonyl (C=O) groups is 2. The molecule has 0 aliphatic heterocycles. The van der Waals surface area contributed by atoms with Crippen LogP contribution in [0.25, 0.3) is 0 Å². The van der Waals surface area contributed by atoms with Crippen molar-refractivity contribution in [2.24, 2.45) is 17.3 Å². The molecule has 2 aromatic rings. The molecule has 1 N–H and O–H groups in total. The number of ether oxygens (including phenoxy) is 1. The van der Waals surface area contributed by atoms with Crippen LogP contribution < -0.4 is 4.74 Å². The van der Waals surface area contributed by atoms with Crippen molar-refractivity contribution in [2.45, 2.75) is 51.0 Å². The Labute approximate surface area is 170 Å². The number of fused-ring (bicyclic) bond motifs is 5. The summed E-state index contributed by atoms with van der Waals surface area (Å²) in [5.74, 6) is 1.41. The summed E-state index contributed by atoms with van der Waals surface area (Å²) in [6.45, 7) is 2.10. The van der Waals surface area contributed by atoms with Gasteiger partial charge in [0.15, 0.2) is 5.78 Å². The minimum absolute atomic E-state index is 0.0205. The highest BCUT2D eigenvalue weighted by Gasteiger charge is 2.57. The summed E-state index contributed by atoms with van der Waals surface area (Å²) >= 11 is 0. The number of aliphatic hydroxyl groups excluding tert-OH is 1. The standard InChI is InChI=1S/C25H26O4/c1-25-12-11-19-18-10-8-17(29-24(28)15-5-3-2-4-6-15)13-16(18)7-9-20(19)21(25)14-22(26)23(25)27/h2-6,8,10,13,19-21,23,27H,7,9,11-12,14H2,1H3/t19-,20+,21+,23+,25-/m1/s1. The van der Waals surface area contributed by atoms with Gasteiger partial charge >= 0.3 is 5.97 Å². The number of hydrogen-bond donors (Lipinski definition) is 1. The SMILES string of the molecule is C[C@@]12CC[C@@H]3c4ccc(OC(=O)c5ccccc5)cc4CC[C@@H]3[C@@H]1CC(=O)[C@@H]2O. The van der Waals surface area contributed by atoms with E-state index in [9.17, 15) is 14.7 Å². The molecular weight excluding hydrogens is 364 g/mol. The van der Waals surface area contributed by atoms with E-state index in [0.29, 0.717) is 29.6 Å². The summed E-state index contributed by atoms with van der Waals surface area (Å²) in [4.78, 5) is 24.6. The van der Waals surface area contributed by atoms with Gasteiger partial charge in [-0.1, -0.05) is 31.2 Å². The van der Waals surface area contributed by atoms with E-state index in [1.807, 2.05) is 30.3 Å². The first-order valence-electron chi connectivity index (χ1n) is 10.6. The molecule has 0 radical (unpaired) electrons. The van der Waals surface area contributed by atoms with Crippen molar-refractivity contribution in [3.63, 3.8) is 0 Å². The van der Waals surface area contributed by atoms with Crippen molar-refractivity contribution < 1.29 is 19.4 Å². The lowest BCUT2D eigenvalue weighted by Gasteiger charge is -2.49. The van der Waals surface area contributed by atoms with Gasteiger partial charge in [0.2, 0.25) is 0 Å². The van der Waals surface area contributed by atoms with E-state index in [1.54, 1.807) is 12.1 Å². The van der Waals surface area contributed by atoms with Crippen molar-refractivity contribution in [1.82, 2.24) is 0 Å². The number of carbonyl (C=O) groups excluding carboxylic acids is 2. The predicted octanol–water partition coefficient (Wildman–Crippen LogP) is 4.30. The fraction of sp³-hybridized carbons (Fsp3) is 0.440. The molecule has 5 rings (SSSR count). The van der Waals surface area contributed by atoms with Crippen LogP contribution >= 0.6 is 0 Å². The van der Waals surface area contributed by atoms with E-state index in [4.69, 9.17) is 4.74 Å². The maximum Gasteiger partial charge on any atom is 0.343 e. The normalized spacial score (nSPS) is 32.8. The highest BCUT2D eigenvalue weighted by molar-refractivity contribution is 5.91. The molecule has 5 atom stereocenters. The van der Waals surface area contributed by atoms with Crippen molar-refractivity contribution >= 4 is 11.8 Å². The third-order valence-electron chi connectivity index (χ3n) is 7.71. The van der Waals surface area contributed by atoms with Gasteiger partial charge in [-0.15, -0.1) is 0 Å². The lowest BCUT2D eigenvalue weighted by molar-refractivity contribution is -0.128. The minimum atomic E-state index is -0.797. The Bertz CT molecular complexity index is 966. The van der Waals surface area contributed by atoms with Gasteiger partial charge in [-0.2, -0.15) is 0 Å². The second-order valence-electron chi connectivity index (χ2n) is 9.15. The number of rotatable bonds is 2. The summed E-state index contributed by atoms with van der Waals surface area (Å²) in [5, 5.41) is 10.5. The summed E-state index contributed by atoms with van der Waals surface area (Å²) in [6.07, 6.45) is 3.54. The van der Waals surface area contributed by atoms with Crippen LogP contribution in [0, 0.1) is 17.3 Å². The Morgan fingerprint density at radius 1 is 1.14 bits per heavy atom. The molecule has 150 valence electrons. The molecule has 3 aliphatic rings. The van der Waals surface area contributed by atoms with Gasteiger partial charge in [0.25, 0.3) is 0 Å². The zero-order valence-corrected chi connectivity index (χ0v) is 16.6. The quantitative estimate of drug-likeness (QED) is 0.613. The first-order chi connectivity index (χ1) is 14.0. The van der Waals surface area contributed by atoms with Gasteiger partial charge in [0, 0.05) is 11.8 Å². The highest BCUT2D eigenvalue weighted by atomic mass is 16.5. The molecule has 2 saturated carbocycles. The van der Waals surface area contributed by atoms with Crippen molar-refractivity contribution in [3.8, 4) is 5.75 Å².